The number of rotatable bonds is 1. The van der Waals surface area contributed by atoms with Crippen molar-refractivity contribution < 1.29 is 9.84 Å². The second-order valence-corrected chi connectivity index (χ2v) is 7.37. The molecule has 0 bridgehead atoms. The highest BCUT2D eigenvalue weighted by Crippen LogP contribution is 2.56. The zero-order valence-electron chi connectivity index (χ0n) is 13.1. The number of β-amino-alcohol motifs (C(OH)–C–C–N with tert-alkyl or cyclic N) is 1. The summed E-state index contributed by atoms with van der Waals surface area (Å²) in [5, 5.41) is 22.9. The van der Waals surface area contributed by atoms with Gasteiger partial charge in [0.05, 0.1) is 5.60 Å². The number of likely N-dealkylation sites (N-methyl/N-ethyl adjacent to an activating group) is 1. The smallest absolute Gasteiger partial charge is 0.183 e. The number of aromatic nitrogens is 1. The average molecular weight is 300 g/mol. The van der Waals surface area contributed by atoms with Gasteiger partial charge < -0.3 is 10.3 Å². The van der Waals surface area contributed by atoms with Crippen LogP contribution in [-0.2, 0) is 6.42 Å². The minimum atomic E-state index is -0.623. The molecule has 0 unspecified atom stereocenters. The molecule has 1 saturated carbocycles. The van der Waals surface area contributed by atoms with E-state index < -0.39 is 5.60 Å². The van der Waals surface area contributed by atoms with E-state index in [1.165, 1.54) is 11.1 Å². The van der Waals surface area contributed by atoms with Crippen LogP contribution in [-0.4, -0.2) is 29.2 Å². The molecule has 2 heterocycles. The number of hydrogen-bond acceptors (Lipinski definition) is 3. The van der Waals surface area contributed by atoms with Crippen molar-refractivity contribution in [1.29, 1.82) is 0 Å². The van der Waals surface area contributed by atoms with Crippen LogP contribution in [0.1, 0.15) is 36.4 Å². The van der Waals surface area contributed by atoms with Gasteiger partial charge in [0.2, 0.25) is 0 Å². The molecular formula is C18H24N2O2. The molecule has 0 spiro atoms. The second kappa shape index (κ2) is 4.80. The zero-order chi connectivity index (χ0) is 15.5. The van der Waals surface area contributed by atoms with E-state index in [1.807, 2.05) is 12.1 Å². The molecule has 4 nitrogen and oxygen atoms in total. The normalized spacial score (nSPS) is 40.6. The lowest BCUT2D eigenvalue weighted by molar-refractivity contribution is -0.606. The Labute approximate surface area is 131 Å². The topological polar surface area (TPSA) is 50.4 Å². The van der Waals surface area contributed by atoms with Crippen LogP contribution >= 0.6 is 0 Å². The predicted octanol–water partition coefficient (Wildman–Crippen LogP) is 1.81. The first-order valence-corrected chi connectivity index (χ1v) is 8.31. The van der Waals surface area contributed by atoms with Gasteiger partial charge in [0.25, 0.3) is 0 Å². The molecule has 5 atom stereocenters. The van der Waals surface area contributed by atoms with Gasteiger partial charge in [0, 0.05) is 30.1 Å². The summed E-state index contributed by atoms with van der Waals surface area (Å²) in [6.45, 7) is 4.63. The Morgan fingerprint density at radius 1 is 1.45 bits per heavy atom. The van der Waals surface area contributed by atoms with Crippen LogP contribution in [0.15, 0.2) is 31.1 Å². The van der Waals surface area contributed by atoms with Crippen LogP contribution in [0.25, 0.3) is 0 Å². The number of aryl methyl sites for hydroxylation is 1. The Bertz CT molecular complexity index is 617. The van der Waals surface area contributed by atoms with Gasteiger partial charge in [0.1, 0.15) is 0 Å². The SMILES string of the molecule is C=C[C@@H]1CC[C@H]2[C@@H]3CCc4c[n+]([O-])ccc4[C@@H]3N(C)C[C@@]12O. The molecule has 4 heteroatoms. The van der Waals surface area contributed by atoms with E-state index in [0.717, 1.165) is 30.4 Å². The maximum atomic E-state index is 11.6. The highest BCUT2D eigenvalue weighted by Gasteiger charge is 2.57. The Hall–Kier alpha value is -1.39. The summed E-state index contributed by atoms with van der Waals surface area (Å²) in [5.74, 6) is 1.04. The number of fused-ring (bicyclic) bond motifs is 5. The maximum absolute atomic E-state index is 11.6. The third-order valence-corrected chi connectivity index (χ3v) is 6.38. The lowest BCUT2D eigenvalue weighted by atomic mass is 9.64. The fraction of sp³-hybridized carbons (Fsp3) is 0.611. The Balaban J connectivity index is 1.75. The first-order valence-electron chi connectivity index (χ1n) is 8.31. The molecule has 1 N–H and O–H groups in total. The molecule has 118 valence electrons. The molecule has 3 aliphatic rings. The number of likely N-dealkylation sites (tertiary alicyclic amines) is 1. The van der Waals surface area contributed by atoms with Gasteiger partial charge >= 0.3 is 0 Å². The van der Waals surface area contributed by atoms with Gasteiger partial charge in [-0.3, -0.25) is 4.90 Å². The van der Waals surface area contributed by atoms with Gasteiger partial charge in [-0.1, -0.05) is 6.08 Å². The van der Waals surface area contributed by atoms with Crippen LogP contribution < -0.4 is 4.73 Å². The van der Waals surface area contributed by atoms with Crippen molar-refractivity contribution in [2.45, 2.75) is 37.3 Å². The van der Waals surface area contributed by atoms with Crippen LogP contribution in [0.2, 0.25) is 0 Å². The van der Waals surface area contributed by atoms with Crippen LogP contribution in [0.4, 0.5) is 0 Å². The molecule has 1 aromatic rings. The summed E-state index contributed by atoms with van der Waals surface area (Å²) in [6.07, 6.45) is 9.42. The fourth-order valence-corrected chi connectivity index (χ4v) is 5.50. The van der Waals surface area contributed by atoms with Crippen molar-refractivity contribution in [2.24, 2.45) is 17.8 Å². The summed E-state index contributed by atoms with van der Waals surface area (Å²) in [6, 6.07) is 2.32. The third kappa shape index (κ3) is 1.80. The molecule has 0 radical (unpaired) electrons. The summed E-state index contributed by atoms with van der Waals surface area (Å²) in [7, 11) is 2.11. The van der Waals surface area contributed by atoms with Crippen molar-refractivity contribution in [3.63, 3.8) is 0 Å². The average Bonchev–Trinajstić information content (AvgIpc) is 2.82. The molecule has 22 heavy (non-hydrogen) atoms. The second-order valence-electron chi connectivity index (χ2n) is 7.37. The van der Waals surface area contributed by atoms with Crippen molar-refractivity contribution >= 4 is 0 Å². The standard InChI is InChI=1S/C18H24N2O2/c1-3-13-5-7-16-15-6-4-12-10-20(22)9-8-14(12)17(15)19(2)11-18(13,16)21/h3,8-10,13,15-17,21H,1,4-7,11H2,2H3/t13-,15+,16+,17+,18-/m1/s1. The Kier molecular flexibility index (Phi) is 3.10. The van der Waals surface area contributed by atoms with E-state index in [2.05, 4.69) is 18.5 Å². The van der Waals surface area contributed by atoms with Crippen LogP contribution in [0.5, 0.6) is 0 Å². The lowest BCUT2D eigenvalue weighted by Gasteiger charge is -2.53. The first-order chi connectivity index (χ1) is 10.5. The molecule has 4 rings (SSSR count). The van der Waals surface area contributed by atoms with Crippen LogP contribution in [0.3, 0.4) is 0 Å². The minimum absolute atomic E-state index is 0.210. The van der Waals surface area contributed by atoms with Crippen molar-refractivity contribution in [1.82, 2.24) is 4.90 Å². The largest absolute Gasteiger partial charge is 0.619 e. The highest BCUT2D eigenvalue weighted by atomic mass is 16.5. The number of aliphatic hydroxyl groups is 1. The van der Waals surface area contributed by atoms with Crippen molar-refractivity contribution in [2.75, 3.05) is 13.6 Å². The summed E-state index contributed by atoms with van der Waals surface area (Å²) < 4.78 is 0.904. The molecule has 2 aliphatic carbocycles. The Morgan fingerprint density at radius 2 is 2.27 bits per heavy atom. The highest BCUT2D eigenvalue weighted by molar-refractivity contribution is 5.31. The number of nitrogens with zero attached hydrogens (tertiary/aromatic N) is 2. The molecule has 1 aromatic heterocycles. The number of piperidine rings is 1. The summed E-state index contributed by atoms with van der Waals surface area (Å²) >= 11 is 0. The number of hydrogen-bond donors (Lipinski definition) is 1. The van der Waals surface area contributed by atoms with E-state index in [-0.39, 0.29) is 5.92 Å². The monoisotopic (exact) mass is 300 g/mol. The molecule has 0 aromatic carbocycles. The zero-order valence-corrected chi connectivity index (χ0v) is 13.1. The molecule has 1 saturated heterocycles. The summed E-state index contributed by atoms with van der Waals surface area (Å²) in [4.78, 5) is 2.30. The lowest BCUT2D eigenvalue weighted by Crippen LogP contribution is -2.59. The molecular weight excluding hydrogens is 276 g/mol. The maximum Gasteiger partial charge on any atom is 0.183 e. The van der Waals surface area contributed by atoms with Crippen LogP contribution in [0, 0.1) is 23.0 Å². The molecule has 1 aliphatic heterocycles. The molecule has 2 fully saturated rings. The van der Waals surface area contributed by atoms with Crippen molar-refractivity contribution in [3.05, 3.63) is 47.4 Å². The third-order valence-electron chi connectivity index (χ3n) is 6.38. The first kappa shape index (κ1) is 14.2. The van der Waals surface area contributed by atoms with E-state index in [4.69, 9.17) is 0 Å². The van der Waals surface area contributed by atoms with Gasteiger partial charge in [0.15, 0.2) is 12.4 Å². The molecule has 0 amide bonds. The van der Waals surface area contributed by atoms with Gasteiger partial charge in [-0.15, -0.1) is 6.58 Å². The quantitative estimate of drug-likeness (QED) is 0.489. The van der Waals surface area contributed by atoms with Crippen molar-refractivity contribution in [3.8, 4) is 0 Å². The Morgan fingerprint density at radius 3 is 3.05 bits per heavy atom. The fourth-order valence-electron chi connectivity index (χ4n) is 5.50. The minimum Gasteiger partial charge on any atom is -0.619 e. The van der Waals surface area contributed by atoms with E-state index >= 15 is 0 Å². The predicted molar refractivity (Wildman–Crippen MR) is 83.9 cm³/mol. The van der Waals surface area contributed by atoms with Gasteiger partial charge in [-0.2, -0.15) is 4.73 Å². The van der Waals surface area contributed by atoms with E-state index in [0.29, 0.717) is 24.4 Å². The van der Waals surface area contributed by atoms with Gasteiger partial charge in [-0.05, 0) is 50.1 Å². The number of pyridine rings is 1. The van der Waals surface area contributed by atoms with Gasteiger partial charge in [-0.25, -0.2) is 0 Å². The van der Waals surface area contributed by atoms with E-state index in [1.54, 1.807) is 12.4 Å². The van der Waals surface area contributed by atoms with E-state index in [9.17, 15) is 10.3 Å². The summed E-state index contributed by atoms with van der Waals surface area (Å²) in [5.41, 5.74) is 1.84.